The number of thiazole rings is 1. The fourth-order valence-electron chi connectivity index (χ4n) is 4.78. The molecule has 0 atom stereocenters. The van der Waals surface area contributed by atoms with Crippen molar-refractivity contribution in [3.05, 3.63) is 118 Å². The number of fused-ring (bicyclic) bond motifs is 1. The molecule has 3 aromatic carbocycles. The van der Waals surface area contributed by atoms with Gasteiger partial charge in [0.1, 0.15) is 6.73 Å². The summed E-state index contributed by atoms with van der Waals surface area (Å²) < 4.78 is 17.8. The van der Waals surface area contributed by atoms with Gasteiger partial charge in [-0.05, 0) is 18.2 Å². The Morgan fingerprint density at radius 2 is 1.48 bits per heavy atom. The van der Waals surface area contributed by atoms with Crippen LogP contribution in [-0.4, -0.2) is 61.9 Å². The highest BCUT2D eigenvalue weighted by molar-refractivity contribution is 7.17. The summed E-state index contributed by atoms with van der Waals surface area (Å²) in [4.78, 5) is 48.7. The van der Waals surface area contributed by atoms with E-state index >= 15 is 0 Å². The van der Waals surface area contributed by atoms with E-state index < -0.39 is 25.8 Å². The van der Waals surface area contributed by atoms with Gasteiger partial charge in [0.25, 0.3) is 0 Å². The molecular weight excluding hydrogens is 619 g/mol. The van der Waals surface area contributed by atoms with Gasteiger partial charge in [0.05, 0.1) is 36.6 Å². The Morgan fingerprint density at radius 3 is 2.07 bits per heavy atom. The zero-order chi connectivity index (χ0) is 32.8. The molecule has 0 aliphatic rings. The van der Waals surface area contributed by atoms with Crippen LogP contribution in [0.5, 0.6) is 0 Å². The van der Waals surface area contributed by atoms with Crippen molar-refractivity contribution >= 4 is 58.7 Å². The summed E-state index contributed by atoms with van der Waals surface area (Å²) in [5, 5.41) is 0.945. The first-order valence-electron chi connectivity index (χ1n) is 14.7. The van der Waals surface area contributed by atoms with E-state index in [1.807, 2.05) is 60.7 Å². The second kappa shape index (κ2) is 14.2. The van der Waals surface area contributed by atoms with Gasteiger partial charge in [0.2, 0.25) is 5.78 Å². The van der Waals surface area contributed by atoms with Crippen LogP contribution in [0, 0.1) is 0 Å². The molecule has 5 aromatic rings. The summed E-state index contributed by atoms with van der Waals surface area (Å²) in [6.45, 7) is 7.60. The Morgan fingerprint density at radius 1 is 0.848 bits per heavy atom. The number of ketones is 1. The number of aliphatic imine (C=N–C) groups is 1. The number of benzene rings is 3. The van der Waals surface area contributed by atoms with Crippen molar-refractivity contribution in [2.24, 2.45) is 4.99 Å². The normalized spacial score (nSPS) is 11.3. The van der Waals surface area contributed by atoms with E-state index in [1.54, 1.807) is 29.0 Å². The number of rotatable bonds is 12. The number of methoxy groups -OCH3 is 2. The molecule has 0 aliphatic heterocycles. The molecule has 2 aromatic heterocycles. The standard InChI is InChI=1S/C35H35N3O6SSi/c1-42-34(40)25-16-17-26-27(21-38(28(26)20-25)22-44-18-19-46(3,4)5)31(39)33-37-30(35(41)43-2)32(45-33)36-29(23-12-8-6-9-13-23)24-14-10-7-11-15-24/h6-17,20-21H,18-19,22H2,1-5H3. The van der Waals surface area contributed by atoms with Crippen LogP contribution in [-0.2, 0) is 20.9 Å². The predicted molar refractivity (Wildman–Crippen MR) is 182 cm³/mol. The molecule has 0 radical (unpaired) electrons. The van der Waals surface area contributed by atoms with Gasteiger partial charge in [0.15, 0.2) is 15.7 Å². The highest BCUT2D eigenvalue weighted by atomic mass is 32.1. The Bertz CT molecular complexity index is 1870. The molecule has 2 heterocycles. The number of hydrogen-bond donors (Lipinski definition) is 0. The maximum atomic E-state index is 14.1. The largest absolute Gasteiger partial charge is 0.465 e. The average Bonchev–Trinajstić information content (AvgIpc) is 3.66. The van der Waals surface area contributed by atoms with Crippen molar-refractivity contribution in [2.75, 3.05) is 20.8 Å². The van der Waals surface area contributed by atoms with E-state index in [-0.39, 0.29) is 22.4 Å². The molecule has 46 heavy (non-hydrogen) atoms. The molecule has 0 bridgehead atoms. The lowest BCUT2D eigenvalue weighted by molar-refractivity contribution is 0.0589. The zero-order valence-corrected chi connectivity index (χ0v) is 28.2. The molecule has 0 fully saturated rings. The lowest BCUT2D eigenvalue weighted by atomic mass is 10.0. The Kier molecular flexibility index (Phi) is 10.1. The van der Waals surface area contributed by atoms with Crippen LogP contribution in [0.3, 0.4) is 0 Å². The van der Waals surface area contributed by atoms with E-state index in [4.69, 9.17) is 19.2 Å². The third kappa shape index (κ3) is 7.39. The van der Waals surface area contributed by atoms with Crippen LogP contribution in [0.25, 0.3) is 10.9 Å². The number of carbonyl (C=O) groups excluding carboxylic acids is 3. The van der Waals surface area contributed by atoms with Crippen molar-refractivity contribution in [2.45, 2.75) is 32.4 Å². The van der Waals surface area contributed by atoms with Crippen molar-refractivity contribution in [3.63, 3.8) is 0 Å². The number of ether oxygens (including phenoxy) is 3. The topological polar surface area (TPSA) is 109 Å². The number of carbonyl (C=O) groups is 3. The summed E-state index contributed by atoms with van der Waals surface area (Å²) in [6.07, 6.45) is 1.70. The third-order valence-electron chi connectivity index (χ3n) is 7.26. The first-order valence-corrected chi connectivity index (χ1v) is 19.2. The maximum Gasteiger partial charge on any atom is 0.359 e. The average molecular weight is 654 g/mol. The zero-order valence-electron chi connectivity index (χ0n) is 26.4. The van der Waals surface area contributed by atoms with Gasteiger partial charge in [-0.25, -0.2) is 19.6 Å². The summed E-state index contributed by atoms with van der Waals surface area (Å²) in [5.74, 6) is -1.58. The van der Waals surface area contributed by atoms with E-state index in [1.165, 1.54) is 14.2 Å². The molecule has 9 nitrogen and oxygen atoms in total. The SMILES string of the molecule is COC(=O)c1ccc2c(C(=O)c3nc(C(=O)OC)c(N=C(c4ccccc4)c4ccccc4)s3)cn(COCC[Si](C)(C)C)c2c1. The molecule has 0 saturated carbocycles. The number of hydrogen-bond acceptors (Lipinski definition) is 9. The molecule has 0 amide bonds. The van der Waals surface area contributed by atoms with Gasteiger partial charge in [0, 0.05) is 37.4 Å². The lowest BCUT2D eigenvalue weighted by Gasteiger charge is -2.15. The van der Waals surface area contributed by atoms with Gasteiger partial charge in [-0.15, -0.1) is 0 Å². The molecule has 0 saturated heterocycles. The van der Waals surface area contributed by atoms with Gasteiger partial charge in [-0.2, -0.15) is 0 Å². The maximum absolute atomic E-state index is 14.1. The van der Waals surface area contributed by atoms with E-state index in [0.29, 0.717) is 34.3 Å². The second-order valence-corrected chi connectivity index (χ2v) is 18.4. The van der Waals surface area contributed by atoms with E-state index in [9.17, 15) is 14.4 Å². The highest BCUT2D eigenvalue weighted by Crippen LogP contribution is 2.34. The second-order valence-electron chi connectivity index (χ2n) is 11.8. The first-order chi connectivity index (χ1) is 22.1. The molecule has 236 valence electrons. The highest BCUT2D eigenvalue weighted by Gasteiger charge is 2.27. The number of nitrogens with zero attached hydrogens (tertiary/aromatic N) is 3. The smallest absolute Gasteiger partial charge is 0.359 e. The van der Waals surface area contributed by atoms with Crippen LogP contribution in [0.2, 0.25) is 25.7 Å². The van der Waals surface area contributed by atoms with Crippen molar-refractivity contribution in [1.29, 1.82) is 0 Å². The summed E-state index contributed by atoms with van der Waals surface area (Å²) in [7, 11) is 1.28. The van der Waals surface area contributed by atoms with Crippen LogP contribution >= 0.6 is 11.3 Å². The predicted octanol–water partition coefficient (Wildman–Crippen LogP) is 7.38. The molecule has 0 N–H and O–H groups in total. The minimum absolute atomic E-state index is 0.0494. The molecule has 0 spiro atoms. The minimum Gasteiger partial charge on any atom is -0.465 e. The van der Waals surface area contributed by atoms with Crippen LogP contribution < -0.4 is 0 Å². The summed E-state index contributed by atoms with van der Waals surface area (Å²) in [6, 6.07) is 25.2. The molecule has 0 aliphatic carbocycles. The molecular formula is C35H35N3O6SSi. The van der Waals surface area contributed by atoms with Crippen LogP contribution in [0.4, 0.5) is 5.00 Å². The quantitative estimate of drug-likeness (QED) is 0.0454. The van der Waals surface area contributed by atoms with E-state index in [2.05, 4.69) is 24.6 Å². The summed E-state index contributed by atoms with van der Waals surface area (Å²) in [5.41, 5.74) is 3.59. The van der Waals surface area contributed by atoms with Crippen LogP contribution in [0.15, 0.2) is 90.1 Å². The fourth-order valence-corrected chi connectivity index (χ4v) is 6.43. The Balaban J connectivity index is 1.59. The van der Waals surface area contributed by atoms with E-state index in [0.717, 1.165) is 28.5 Å². The molecule has 11 heteroatoms. The van der Waals surface area contributed by atoms with Crippen molar-refractivity contribution in [1.82, 2.24) is 9.55 Å². The van der Waals surface area contributed by atoms with Gasteiger partial charge < -0.3 is 18.8 Å². The van der Waals surface area contributed by atoms with Gasteiger partial charge in [-0.1, -0.05) is 97.7 Å². The van der Waals surface area contributed by atoms with Gasteiger partial charge in [-0.3, -0.25) is 4.79 Å². The monoisotopic (exact) mass is 653 g/mol. The molecule has 0 unspecified atom stereocenters. The Labute approximate surface area is 272 Å². The minimum atomic E-state index is -1.31. The fraction of sp³-hybridized carbons (Fsp3) is 0.229. The lowest BCUT2D eigenvalue weighted by Crippen LogP contribution is -2.22. The van der Waals surface area contributed by atoms with Crippen molar-refractivity contribution < 1.29 is 28.6 Å². The third-order valence-corrected chi connectivity index (χ3v) is 9.92. The van der Waals surface area contributed by atoms with Crippen LogP contribution in [0.1, 0.15) is 47.3 Å². The van der Waals surface area contributed by atoms with Gasteiger partial charge >= 0.3 is 11.9 Å². The number of aromatic nitrogens is 2. The Hall–Kier alpha value is -4.71. The first kappa shape index (κ1) is 32.7. The number of esters is 2. The molecule has 5 rings (SSSR count). The van der Waals surface area contributed by atoms with Crippen molar-refractivity contribution in [3.8, 4) is 0 Å². The summed E-state index contributed by atoms with van der Waals surface area (Å²) >= 11 is 1.02.